The molecular formula is C28H52O8. The monoisotopic (exact) mass is 516 g/mol. The molecule has 0 aliphatic heterocycles. The molecule has 0 saturated heterocycles. The highest BCUT2D eigenvalue weighted by Crippen LogP contribution is 2.14. The van der Waals surface area contributed by atoms with Crippen LogP contribution in [0.2, 0.25) is 0 Å². The average Bonchev–Trinajstić information content (AvgIpc) is 2.85. The molecule has 0 spiro atoms. The smallest absolute Gasteiger partial charge is 0.333 e. The van der Waals surface area contributed by atoms with E-state index in [1.54, 1.807) is 0 Å². The Labute approximate surface area is 218 Å². The van der Waals surface area contributed by atoms with E-state index in [4.69, 9.17) is 14.9 Å². The minimum atomic E-state index is -1.85. The molecule has 0 bridgehead atoms. The van der Waals surface area contributed by atoms with Crippen LogP contribution < -0.4 is 0 Å². The highest BCUT2D eigenvalue weighted by molar-refractivity contribution is 5.80. The van der Waals surface area contributed by atoms with Crippen LogP contribution in [-0.4, -0.2) is 58.6 Å². The minimum absolute atomic E-state index is 0.288. The Kier molecular flexibility index (Phi) is 23.8. The number of carbonyl (C=O) groups is 3. The molecule has 0 heterocycles. The lowest BCUT2D eigenvalue weighted by Crippen LogP contribution is -2.28. The molecule has 0 saturated carbocycles. The van der Waals surface area contributed by atoms with Gasteiger partial charge in [-0.15, -0.1) is 0 Å². The van der Waals surface area contributed by atoms with Crippen molar-refractivity contribution < 1.29 is 39.2 Å². The second kappa shape index (κ2) is 25.0. The van der Waals surface area contributed by atoms with Crippen LogP contribution in [0.25, 0.3) is 0 Å². The molecule has 0 fully saturated rings. The molecular weight excluding hydrogens is 464 g/mol. The number of carbonyl (C=O) groups excluding carboxylic acids is 2. The average molecular weight is 517 g/mol. The van der Waals surface area contributed by atoms with Crippen molar-refractivity contribution >= 4 is 17.9 Å². The fourth-order valence-electron chi connectivity index (χ4n) is 3.97. The van der Waals surface area contributed by atoms with Gasteiger partial charge in [0.1, 0.15) is 19.3 Å². The van der Waals surface area contributed by atoms with Crippen molar-refractivity contribution in [3.05, 3.63) is 0 Å². The molecule has 1 unspecified atom stereocenters. The predicted octanol–water partition coefficient (Wildman–Crippen LogP) is 5.70. The summed E-state index contributed by atoms with van der Waals surface area (Å²) in [4.78, 5) is 33.5. The normalized spacial score (nSPS) is 12.8. The van der Waals surface area contributed by atoms with Crippen LogP contribution in [0.15, 0.2) is 0 Å². The summed E-state index contributed by atoms with van der Waals surface area (Å²) in [5.74, 6) is -2.88. The third-order valence-electron chi connectivity index (χ3n) is 6.25. The molecule has 2 atom stereocenters. The van der Waals surface area contributed by atoms with E-state index < -0.39 is 43.1 Å². The number of aliphatic carboxylic acids is 1. The number of ether oxygens (including phenoxy) is 2. The van der Waals surface area contributed by atoms with Crippen LogP contribution in [0.4, 0.5) is 0 Å². The lowest BCUT2D eigenvalue weighted by molar-refractivity contribution is -0.159. The summed E-state index contributed by atoms with van der Waals surface area (Å²) in [5.41, 5.74) is 0. The molecule has 0 amide bonds. The van der Waals surface area contributed by atoms with Gasteiger partial charge in [-0.1, -0.05) is 116 Å². The summed E-state index contributed by atoms with van der Waals surface area (Å²) in [6.07, 6.45) is 19.6. The van der Waals surface area contributed by atoms with Gasteiger partial charge in [0.05, 0.1) is 6.42 Å². The van der Waals surface area contributed by atoms with E-state index >= 15 is 0 Å². The van der Waals surface area contributed by atoms with Crippen molar-refractivity contribution in [1.29, 1.82) is 0 Å². The van der Waals surface area contributed by atoms with E-state index in [1.807, 2.05) is 0 Å². The first-order valence-electron chi connectivity index (χ1n) is 14.3. The first kappa shape index (κ1) is 34.3. The number of aliphatic hydroxyl groups is 2. The number of aliphatic hydroxyl groups excluding tert-OH is 2. The fourth-order valence-corrected chi connectivity index (χ4v) is 3.97. The van der Waals surface area contributed by atoms with Gasteiger partial charge < -0.3 is 24.8 Å². The van der Waals surface area contributed by atoms with Gasteiger partial charge in [0.15, 0.2) is 6.10 Å². The summed E-state index contributed by atoms with van der Waals surface area (Å²) in [7, 11) is 0. The van der Waals surface area contributed by atoms with Crippen LogP contribution in [-0.2, 0) is 23.9 Å². The topological polar surface area (TPSA) is 130 Å². The zero-order valence-corrected chi connectivity index (χ0v) is 22.6. The number of carboxylic acid groups (broad SMARTS) is 1. The van der Waals surface area contributed by atoms with Gasteiger partial charge in [-0.25, -0.2) is 4.79 Å². The molecule has 0 aliphatic rings. The Hall–Kier alpha value is -1.67. The van der Waals surface area contributed by atoms with E-state index in [1.165, 1.54) is 96.3 Å². The lowest BCUT2D eigenvalue weighted by Gasteiger charge is -2.12. The Balaban J connectivity index is 3.38. The number of rotatable bonds is 26. The highest BCUT2D eigenvalue weighted by atomic mass is 16.6. The van der Waals surface area contributed by atoms with Crippen molar-refractivity contribution in [2.24, 2.45) is 0 Å². The van der Waals surface area contributed by atoms with E-state index in [0.29, 0.717) is 0 Å². The molecule has 0 aliphatic carbocycles. The summed E-state index contributed by atoms with van der Waals surface area (Å²) >= 11 is 0. The summed E-state index contributed by atoms with van der Waals surface area (Å²) in [6.45, 7) is 1.53. The molecule has 8 heteroatoms. The maximum Gasteiger partial charge on any atom is 0.333 e. The minimum Gasteiger partial charge on any atom is -0.479 e. The number of esters is 2. The molecule has 36 heavy (non-hydrogen) atoms. The SMILES string of the molecule is CCCCCCCCCCCCCCCCCCCCC(=O)OCC(O)COC(=O)C[C@H](O)C(=O)O. The molecule has 0 aromatic rings. The first-order chi connectivity index (χ1) is 17.4. The third kappa shape index (κ3) is 24.0. The maximum absolute atomic E-state index is 11.7. The van der Waals surface area contributed by atoms with Gasteiger partial charge in [-0.3, -0.25) is 9.59 Å². The Morgan fingerprint density at radius 2 is 0.944 bits per heavy atom. The van der Waals surface area contributed by atoms with Crippen molar-refractivity contribution in [2.45, 2.75) is 148 Å². The lowest BCUT2D eigenvalue weighted by atomic mass is 10.0. The van der Waals surface area contributed by atoms with Gasteiger partial charge in [-0.2, -0.15) is 0 Å². The number of hydrogen-bond acceptors (Lipinski definition) is 7. The van der Waals surface area contributed by atoms with Crippen LogP contribution in [0.1, 0.15) is 135 Å². The maximum atomic E-state index is 11.7. The second-order valence-electron chi connectivity index (χ2n) is 9.84. The standard InChI is InChI=1S/C28H52O8/c1-2-3-4-5-6-7-8-9-10-11-12-13-14-15-16-17-18-19-20-26(31)35-22-24(29)23-36-27(32)21-25(30)28(33)34/h24-25,29-30H,2-23H2,1H3,(H,33,34)/t24?,25-/m0/s1. The van der Waals surface area contributed by atoms with Crippen LogP contribution in [0.5, 0.6) is 0 Å². The number of unbranched alkanes of at least 4 members (excludes halogenated alkanes) is 17. The van der Waals surface area contributed by atoms with Gasteiger partial charge in [0.2, 0.25) is 0 Å². The third-order valence-corrected chi connectivity index (χ3v) is 6.25. The molecule has 8 nitrogen and oxygen atoms in total. The molecule has 3 N–H and O–H groups in total. The molecule has 212 valence electrons. The zero-order valence-electron chi connectivity index (χ0n) is 22.6. The van der Waals surface area contributed by atoms with Gasteiger partial charge in [0, 0.05) is 6.42 Å². The van der Waals surface area contributed by atoms with Crippen molar-refractivity contribution in [1.82, 2.24) is 0 Å². The zero-order chi connectivity index (χ0) is 26.9. The van der Waals surface area contributed by atoms with Crippen LogP contribution >= 0.6 is 0 Å². The molecule has 0 rings (SSSR count). The Morgan fingerprint density at radius 3 is 1.33 bits per heavy atom. The first-order valence-corrected chi connectivity index (χ1v) is 14.3. The Morgan fingerprint density at radius 1 is 0.583 bits per heavy atom. The van der Waals surface area contributed by atoms with Crippen LogP contribution in [0.3, 0.4) is 0 Å². The quantitative estimate of drug-likeness (QED) is 0.0985. The van der Waals surface area contributed by atoms with Crippen molar-refractivity contribution in [3.63, 3.8) is 0 Å². The van der Waals surface area contributed by atoms with Crippen molar-refractivity contribution in [2.75, 3.05) is 13.2 Å². The number of carboxylic acids is 1. The van der Waals surface area contributed by atoms with E-state index in [9.17, 15) is 19.5 Å². The van der Waals surface area contributed by atoms with Gasteiger partial charge in [0.25, 0.3) is 0 Å². The van der Waals surface area contributed by atoms with E-state index in [2.05, 4.69) is 11.7 Å². The van der Waals surface area contributed by atoms with Gasteiger partial charge >= 0.3 is 17.9 Å². The largest absolute Gasteiger partial charge is 0.479 e. The van der Waals surface area contributed by atoms with Crippen molar-refractivity contribution in [3.8, 4) is 0 Å². The summed E-state index contributed by atoms with van der Waals surface area (Å²) in [5, 5.41) is 27.2. The molecule has 0 aromatic heterocycles. The summed E-state index contributed by atoms with van der Waals surface area (Å²) in [6, 6.07) is 0. The summed E-state index contributed by atoms with van der Waals surface area (Å²) < 4.78 is 9.62. The number of hydrogen-bond donors (Lipinski definition) is 3. The van der Waals surface area contributed by atoms with E-state index in [-0.39, 0.29) is 13.0 Å². The van der Waals surface area contributed by atoms with E-state index in [0.717, 1.165) is 19.3 Å². The highest BCUT2D eigenvalue weighted by Gasteiger charge is 2.20. The van der Waals surface area contributed by atoms with Crippen LogP contribution in [0, 0.1) is 0 Å². The Bertz CT molecular complexity index is 552. The fraction of sp³-hybridized carbons (Fsp3) is 0.893. The molecule has 0 aromatic carbocycles. The predicted molar refractivity (Wildman–Crippen MR) is 140 cm³/mol. The van der Waals surface area contributed by atoms with Gasteiger partial charge in [-0.05, 0) is 6.42 Å². The second-order valence-corrected chi connectivity index (χ2v) is 9.84. The molecule has 0 radical (unpaired) electrons.